The van der Waals surface area contributed by atoms with Gasteiger partial charge in [-0.25, -0.2) is 4.52 Å². The molecule has 0 aliphatic heterocycles. The van der Waals surface area contributed by atoms with Crippen LogP contribution in [0, 0.1) is 0 Å². The third-order valence-electron chi connectivity index (χ3n) is 2.48. The van der Waals surface area contributed by atoms with Crippen LogP contribution >= 0.6 is 0 Å². The van der Waals surface area contributed by atoms with E-state index >= 15 is 0 Å². The van der Waals surface area contributed by atoms with E-state index in [-0.39, 0.29) is 5.41 Å². The van der Waals surface area contributed by atoms with Crippen molar-refractivity contribution >= 4 is 5.52 Å². The quantitative estimate of drug-likeness (QED) is 0.767. The molecule has 0 amide bonds. The topological polar surface area (TPSA) is 56.2 Å². The second-order valence-electron chi connectivity index (χ2n) is 4.02. The molecule has 0 aliphatic carbocycles. The highest BCUT2D eigenvalue weighted by Gasteiger charge is 2.22. The maximum atomic E-state index is 5.73. The molecule has 0 radical (unpaired) electrons. The zero-order chi connectivity index (χ0) is 10.2. The van der Waals surface area contributed by atoms with Gasteiger partial charge in [-0.1, -0.05) is 13.8 Å². The van der Waals surface area contributed by atoms with Crippen molar-refractivity contribution in [2.45, 2.75) is 19.3 Å². The van der Waals surface area contributed by atoms with Gasteiger partial charge in [0.1, 0.15) is 0 Å². The molecule has 2 aromatic heterocycles. The predicted octanol–water partition coefficient (Wildman–Crippen LogP) is 0.966. The minimum Gasteiger partial charge on any atom is -0.330 e. The van der Waals surface area contributed by atoms with E-state index in [0.29, 0.717) is 6.54 Å². The molecule has 0 bridgehead atoms. The van der Waals surface area contributed by atoms with Crippen LogP contribution in [0.25, 0.3) is 5.52 Å². The smallest absolute Gasteiger partial charge is 0.0882 e. The molecule has 0 saturated carbocycles. The molecule has 2 heterocycles. The summed E-state index contributed by atoms with van der Waals surface area (Å²) in [5.41, 5.74) is 7.65. The lowest BCUT2D eigenvalue weighted by Crippen LogP contribution is -2.29. The third kappa shape index (κ3) is 1.28. The first-order valence-electron chi connectivity index (χ1n) is 4.64. The molecule has 4 nitrogen and oxygen atoms in total. The van der Waals surface area contributed by atoms with Crippen molar-refractivity contribution in [1.82, 2.24) is 14.6 Å². The molecule has 14 heavy (non-hydrogen) atoms. The summed E-state index contributed by atoms with van der Waals surface area (Å²) >= 11 is 0. The lowest BCUT2D eigenvalue weighted by Gasteiger charge is -2.22. The van der Waals surface area contributed by atoms with E-state index in [1.165, 1.54) is 0 Å². The first-order chi connectivity index (χ1) is 6.65. The average molecular weight is 190 g/mol. The Balaban J connectivity index is 2.67. The molecule has 0 atom stereocenters. The fourth-order valence-corrected chi connectivity index (χ4v) is 1.48. The first kappa shape index (κ1) is 9.15. The Labute approximate surface area is 82.8 Å². The van der Waals surface area contributed by atoms with Gasteiger partial charge in [-0.2, -0.15) is 5.10 Å². The summed E-state index contributed by atoms with van der Waals surface area (Å²) in [5, 5.41) is 4.16. The summed E-state index contributed by atoms with van der Waals surface area (Å²) in [4.78, 5) is 4.38. The highest BCUT2D eigenvalue weighted by Crippen LogP contribution is 2.23. The first-order valence-corrected chi connectivity index (χ1v) is 4.64. The van der Waals surface area contributed by atoms with Crippen molar-refractivity contribution in [3.8, 4) is 0 Å². The normalized spacial score (nSPS) is 12.2. The zero-order valence-electron chi connectivity index (χ0n) is 8.44. The van der Waals surface area contributed by atoms with E-state index in [9.17, 15) is 0 Å². The minimum atomic E-state index is -0.109. The predicted molar refractivity (Wildman–Crippen MR) is 55.1 cm³/mol. The van der Waals surface area contributed by atoms with Crippen LogP contribution in [-0.4, -0.2) is 21.1 Å². The van der Waals surface area contributed by atoms with Gasteiger partial charge < -0.3 is 5.73 Å². The number of aromatic nitrogens is 3. The van der Waals surface area contributed by atoms with Crippen molar-refractivity contribution in [3.05, 3.63) is 30.4 Å². The fourth-order valence-electron chi connectivity index (χ4n) is 1.48. The van der Waals surface area contributed by atoms with E-state index in [4.69, 9.17) is 5.73 Å². The minimum absolute atomic E-state index is 0.109. The molecule has 0 aromatic carbocycles. The monoisotopic (exact) mass is 190 g/mol. The molecular weight excluding hydrogens is 176 g/mol. The van der Waals surface area contributed by atoms with Gasteiger partial charge in [-0.15, -0.1) is 0 Å². The second kappa shape index (κ2) is 3.06. The van der Waals surface area contributed by atoms with Crippen molar-refractivity contribution in [3.63, 3.8) is 0 Å². The van der Waals surface area contributed by atoms with Crippen molar-refractivity contribution in [2.24, 2.45) is 5.73 Å². The summed E-state index contributed by atoms with van der Waals surface area (Å²) < 4.78 is 1.82. The zero-order valence-corrected chi connectivity index (χ0v) is 8.44. The molecule has 2 N–H and O–H groups in total. The number of nitrogens with two attached hydrogens (primary N) is 1. The fraction of sp³-hybridized carbons (Fsp3) is 0.400. The number of nitrogens with zero attached hydrogens (tertiary/aromatic N) is 3. The van der Waals surface area contributed by atoms with Gasteiger partial charge in [0, 0.05) is 24.4 Å². The highest BCUT2D eigenvalue weighted by molar-refractivity contribution is 5.53. The Morgan fingerprint density at radius 3 is 2.93 bits per heavy atom. The lowest BCUT2D eigenvalue weighted by molar-refractivity contribution is 0.523. The Kier molecular flexibility index (Phi) is 2.00. The number of rotatable bonds is 2. The molecule has 0 aliphatic rings. The largest absolute Gasteiger partial charge is 0.330 e. The van der Waals surface area contributed by atoms with E-state index < -0.39 is 0 Å². The second-order valence-corrected chi connectivity index (χ2v) is 4.02. The van der Waals surface area contributed by atoms with E-state index in [2.05, 4.69) is 23.9 Å². The molecule has 0 fully saturated rings. The van der Waals surface area contributed by atoms with Crippen LogP contribution in [0.1, 0.15) is 19.5 Å². The summed E-state index contributed by atoms with van der Waals surface area (Å²) in [6.45, 7) is 4.75. The van der Waals surface area contributed by atoms with Gasteiger partial charge in [-0.3, -0.25) is 4.98 Å². The van der Waals surface area contributed by atoms with Gasteiger partial charge >= 0.3 is 0 Å². The van der Waals surface area contributed by atoms with Crippen LogP contribution in [0.15, 0.2) is 24.7 Å². The van der Waals surface area contributed by atoms with E-state index in [0.717, 1.165) is 11.2 Å². The van der Waals surface area contributed by atoms with Gasteiger partial charge in [0.05, 0.1) is 17.4 Å². The standard InChI is InChI=1S/C10H14N4/c1-10(2,7-11)9-8-3-4-13-14(8)6-5-12-9/h3-6H,7,11H2,1-2H3. The summed E-state index contributed by atoms with van der Waals surface area (Å²) in [6.07, 6.45) is 5.37. The van der Waals surface area contributed by atoms with Crippen molar-refractivity contribution in [2.75, 3.05) is 6.54 Å². The highest BCUT2D eigenvalue weighted by atomic mass is 15.2. The van der Waals surface area contributed by atoms with Crippen molar-refractivity contribution in [1.29, 1.82) is 0 Å². The Hall–Kier alpha value is -1.42. The summed E-state index contributed by atoms with van der Waals surface area (Å²) in [7, 11) is 0. The van der Waals surface area contributed by atoms with Crippen LogP contribution < -0.4 is 5.73 Å². The Morgan fingerprint density at radius 1 is 1.43 bits per heavy atom. The maximum Gasteiger partial charge on any atom is 0.0882 e. The van der Waals surface area contributed by atoms with Crippen LogP contribution in [0.2, 0.25) is 0 Å². The number of hydrogen-bond acceptors (Lipinski definition) is 3. The molecule has 2 rings (SSSR count). The Bertz CT molecular complexity index is 444. The van der Waals surface area contributed by atoms with Crippen LogP contribution in [0.4, 0.5) is 0 Å². The van der Waals surface area contributed by atoms with Crippen molar-refractivity contribution < 1.29 is 0 Å². The van der Waals surface area contributed by atoms with E-state index in [1.807, 2.05) is 16.8 Å². The van der Waals surface area contributed by atoms with Crippen LogP contribution in [0.5, 0.6) is 0 Å². The lowest BCUT2D eigenvalue weighted by atomic mass is 9.88. The van der Waals surface area contributed by atoms with Gasteiger partial charge in [-0.05, 0) is 6.07 Å². The molecular formula is C10H14N4. The molecule has 4 heteroatoms. The molecule has 74 valence electrons. The average Bonchev–Trinajstić information content (AvgIpc) is 2.64. The number of hydrogen-bond donors (Lipinski definition) is 1. The Morgan fingerprint density at radius 2 is 2.21 bits per heavy atom. The molecule has 2 aromatic rings. The van der Waals surface area contributed by atoms with Gasteiger partial charge in [0.2, 0.25) is 0 Å². The maximum absolute atomic E-state index is 5.73. The summed E-state index contributed by atoms with van der Waals surface area (Å²) in [5.74, 6) is 0. The number of fused-ring (bicyclic) bond motifs is 1. The SMILES string of the molecule is CC(C)(CN)c1nccn2nccc12. The van der Waals surface area contributed by atoms with E-state index in [1.54, 1.807) is 12.4 Å². The van der Waals surface area contributed by atoms with Crippen LogP contribution in [0.3, 0.4) is 0 Å². The third-order valence-corrected chi connectivity index (χ3v) is 2.48. The molecule has 0 spiro atoms. The summed E-state index contributed by atoms with van der Waals surface area (Å²) in [6, 6.07) is 1.96. The van der Waals surface area contributed by atoms with Gasteiger partial charge in [0.15, 0.2) is 0 Å². The molecule has 0 saturated heterocycles. The van der Waals surface area contributed by atoms with Crippen LogP contribution in [-0.2, 0) is 5.41 Å². The van der Waals surface area contributed by atoms with Gasteiger partial charge in [0.25, 0.3) is 0 Å². The molecule has 0 unspecified atom stereocenters.